The van der Waals surface area contributed by atoms with Gasteiger partial charge in [0.15, 0.2) is 6.29 Å². The van der Waals surface area contributed by atoms with Gasteiger partial charge in [0.25, 0.3) is 0 Å². The number of nitrogens with one attached hydrogen (secondary N) is 1. The van der Waals surface area contributed by atoms with Crippen LogP contribution in [0, 0.1) is 0 Å². The molecule has 1 N–H and O–H groups in total. The number of ether oxygens (including phenoxy) is 3. The van der Waals surface area contributed by atoms with Crippen LogP contribution in [0.4, 0.5) is 0 Å². The Balaban J connectivity index is 4.25. The SMILES string of the molecule is CCCNC(COC(C)C)C(OCC)OCC. The first-order chi connectivity index (χ1) is 8.15. The van der Waals surface area contributed by atoms with E-state index in [0.29, 0.717) is 19.8 Å². The molecule has 0 rings (SSSR count). The van der Waals surface area contributed by atoms with Gasteiger partial charge in [-0.25, -0.2) is 0 Å². The summed E-state index contributed by atoms with van der Waals surface area (Å²) in [7, 11) is 0. The van der Waals surface area contributed by atoms with Crippen molar-refractivity contribution in [1.82, 2.24) is 5.32 Å². The van der Waals surface area contributed by atoms with Gasteiger partial charge < -0.3 is 19.5 Å². The molecule has 1 atom stereocenters. The second kappa shape index (κ2) is 11.0. The molecule has 0 aromatic heterocycles. The lowest BCUT2D eigenvalue weighted by atomic mass is 10.2. The summed E-state index contributed by atoms with van der Waals surface area (Å²) in [5, 5.41) is 3.42. The van der Waals surface area contributed by atoms with Crippen LogP contribution in [0.15, 0.2) is 0 Å². The van der Waals surface area contributed by atoms with Crippen LogP contribution in [-0.2, 0) is 14.2 Å². The van der Waals surface area contributed by atoms with Crippen molar-refractivity contribution < 1.29 is 14.2 Å². The molecule has 0 radical (unpaired) electrons. The Hall–Kier alpha value is -0.160. The van der Waals surface area contributed by atoms with Crippen molar-refractivity contribution >= 4 is 0 Å². The summed E-state index contributed by atoms with van der Waals surface area (Å²) in [6.07, 6.45) is 1.09. The van der Waals surface area contributed by atoms with Gasteiger partial charge in [-0.1, -0.05) is 6.92 Å². The van der Waals surface area contributed by atoms with Gasteiger partial charge in [0, 0.05) is 13.2 Å². The van der Waals surface area contributed by atoms with Crippen LogP contribution in [0.5, 0.6) is 0 Å². The summed E-state index contributed by atoms with van der Waals surface area (Å²) in [6.45, 7) is 13.0. The highest BCUT2D eigenvalue weighted by Gasteiger charge is 2.22. The zero-order valence-electron chi connectivity index (χ0n) is 12.0. The van der Waals surface area contributed by atoms with Crippen LogP contribution >= 0.6 is 0 Å². The Morgan fingerprint density at radius 2 is 1.53 bits per heavy atom. The minimum atomic E-state index is -0.227. The maximum absolute atomic E-state index is 5.65. The van der Waals surface area contributed by atoms with E-state index >= 15 is 0 Å². The molecule has 0 saturated carbocycles. The lowest BCUT2D eigenvalue weighted by Gasteiger charge is -2.28. The Bertz CT molecular complexity index is 159. The first-order valence-electron chi connectivity index (χ1n) is 6.73. The fourth-order valence-corrected chi connectivity index (χ4v) is 1.47. The highest BCUT2D eigenvalue weighted by molar-refractivity contribution is 4.71. The third-order valence-corrected chi connectivity index (χ3v) is 2.26. The van der Waals surface area contributed by atoms with E-state index in [1.165, 1.54) is 0 Å². The molecule has 0 amide bonds. The second-order valence-electron chi connectivity index (χ2n) is 4.22. The molecular weight excluding hydrogens is 218 g/mol. The van der Waals surface area contributed by atoms with Crippen molar-refractivity contribution in [2.75, 3.05) is 26.4 Å². The zero-order valence-corrected chi connectivity index (χ0v) is 12.0. The van der Waals surface area contributed by atoms with E-state index in [0.717, 1.165) is 13.0 Å². The molecule has 4 heteroatoms. The van der Waals surface area contributed by atoms with Gasteiger partial charge in [0.05, 0.1) is 18.8 Å². The van der Waals surface area contributed by atoms with Crippen molar-refractivity contribution in [2.24, 2.45) is 0 Å². The van der Waals surface area contributed by atoms with Crippen molar-refractivity contribution in [3.05, 3.63) is 0 Å². The average molecular weight is 247 g/mol. The van der Waals surface area contributed by atoms with Gasteiger partial charge >= 0.3 is 0 Å². The second-order valence-corrected chi connectivity index (χ2v) is 4.22. The van der Waals surface area contributed by atoms with Crippen molar-refractivity contribution in [3.63, 3.8) is 0 Å². The van der Waals surface area contributed by atoms with Crippen LogP contribution in [0.2, 0.25) is 0 Å². The third kappa shape index (κ3) is 8.55. The van der Waals surface area contributed by atoms with E-state index in [1.54, 1.807) is 0 Å². The van der Waals surface area contributed by atoms with E-state index < -0.39 is 0 Å². The summed E-state index contributed by atoms with van der Waals surface area (Å²) in [4.78, 5) is 0. The Morgan fingerprint density at radius 3 is 1.94 bits per heavy atom. The lowest BCUT2D eigenvalue weighted by Crippen LogP contribution is -2.47. The molecule has 0 fully saturated rings. The smallest absolute Gasteiger partial charge is 0.174 e. The zero-order chi connectivity index (χ0) is 13.1. The van der Waals surface area contributed by atoms with Gasteiger partial charge in [-0.05, 0) is 40.7 Å². The molecule has 0 spiro atoms. The molecule has 0 aliphatic rings. The predicted octanol–water partition coefficient (Wildman–Crippen LogP) is 2.18. The van der Waals surface area contributed by atoms with Gasteiger partial charge in [0.2, 0.25) is 0 Å². The number of hydrogen-bond donors (Lipinski definition) is 1. The lowest BCUT2D eigenvalue weighted by molar-refractivity contribution is -0.164. The Kier molecular flexibility index (Phi) is 10.9. The van der Waals surface area contributed by atoms with Crippen molar-refractivity contribution in [2.45, 2.75) is 59.5 Å². The van der Waals surface area contributed by atoms with Gasteiger partial charge in [-0.2, -0.15) is 0 Å². The van der Waals surface area contributed by atoms with E-state index in [1.807, 2.05) is 27.7 Å². The fourth-order valence-electron chi connectivity index (χ4n) is 1.47. The maximum Gasteiger partial charge on any atom is 0.174 e. The summed E-state index contributed by atoms with van der Waals surface area (Å²) in [5.41, 5.74) is 0. The predicted molar refractivity (Wildman–Crippen MR) is 70.2 cm³/mol. The van der Waals surface area contributed by atoms with Gasteiger partial charge in [-0.3, -0.25) is 0 Å². The molecule has 0 saturated heterocycles. The molecule has 0 aromatic carbocycles. The summed E-state index contributed by atoms with van der Waals surface area (Å²) < 4.78 is 16.9. The quantitative estimate of drug-likeness (QED) is 0.568. The number of hydrogen-bond acceptors (Lipinski definition) is 4. The van der Waals surface area contributed by atoms with E-state index in [-0.39, 0.29) is 18.4 Å². The first-order valence-corrected chi connectivity index (χ1v) is 6.73. The highest BCUT2D eigenvalue weighted by Crippen LogP contribution is 2.05. The summed E-state index contributed by atoms with van der Waals surface area (Å²) in [5.74, 6) is 0. The van der Waals surface area contributed by atoms with Crippen molar-refractivity contribution in [3.8, 4) is 0 Å². The molecule has 0 bridgehead atoms. The maximum atomic E-state index is 5.65. The largest absolute Gasteiger partial charge is 0.377 e. The molecule has 0 aliphatic heterocycles. The van der Waals surface area contributed by atoms with Crippen LogP contribution < -0.4 is 5.32 Å². The standard InChI is InChI=1S/C13H29NO3/c1-6-9-14-12(10-17-11(4)5)13(15-7-2)16-8-3/h11-14H,6-10H2,1-5H3. The summed E-state index contributed by atoms with van der Waals surface area (Å²) >= 11 is 0. The monoisotopic (exact) mass is 247 g/mol. The van der Waals surface area contributed by atoms with Crippen LogP contribution in [0.25, 0.3) is 0 Å². The van der Waals surface area contributed by atoms with Crippen LogP contribution in [-0.4, -0.2) is 44.8 Å². The third-order valence-electron chi connectivity index (χ3n) is 2.26. The Labute approximate surface area is 106 Å². The highest BCUT2D eigenvalue weighted by atomic mass is 16.7. The molecular formula is C13H29NO3. The minimum Gasteiger partial charge on any atom is -0.377 e. The molecule has 0 heterocycles. The average Bonchev–Trinajstić information content (AvgIpc) is 2.29. The molecule has 17 heavy (non-hydrogen) atoms. The molecule has 0 aromatic rings. The fraction of sp³-hybridized carbons (Fsp3) is 1.00. The van der Waals surface area contributed by atoms with Crippen molar-refractivity contribution in [1.29, 1.82) is 0 Å². The minimum absolute atomic E-state index is 0.0947. The molecule has 4 nitrogen and oxygen atoms in total. The molecule has 0 aliphatic carbocycles. The van der Waals surface area contributed by atoms with Crippen LogP contribution in [0.1, 0.15) is 41.0 Å². The summed E-state index contributed by atoms with van der Waals surface area (Å²) in [6, 6.07) is 0.0947. The Morgan fingerprint density at radius 1 is 0.941 bits per heavy atom. The number of rotatable bonds is 11. The van der Waals surface area contributed by atoms with Gasteiger partial charge in [-0.15, -0.1) is 0 Å². The van der Waals surface area contributed by atoms with E-state index in [9.17, 15) is 0 Å². The van der Waals surface area contributed by atoms with E-state index in [2.05, 4.69) is 12.2 Å². The molecule has 104 valence electrons. The van der Waals surface area contributed by atoms with Gasteiger partial charge in [0.1, 0.15) is 0 Å². The normalized spacial score (nSPS) is 13.6. The topological polar surface area (TPSA) is 39.7 Å². The van der Waals surface area contributed by atoms with Crippen LogP contribution in [0.3, 0.4) is 0 Å². The van der Waals surface area contributed by atoms with E-state index in [4.69, 9.17) is 14.2 Å². The molecule has 1 unspecified atom stereocenters. The first kappa shape index (κ1) is 16.8.